The summed E-state index contributed by atoms with van der Waals surface area (Å²) in [7, 11) is -3.29. The average molecular weight is 281 g/mol. The van der Waals surface area contributed by atoms with Crippen molar-refractivity contribution >= 4 is 10.0 Å². The predicted octanol–water partition coefficient (Wildman–Crippen LogP) is 3.34. The second-order valence-corrected chi connectivity index (χ2v) is 7.20. The molecule has 1 heterocycles. The molecule has 1 saturated heterocycles. The number of sulfonamides is 1. The van der Waals surface area contributed by atoms with Crippen LogP contribution in [0.2, 0.25) is 0 Å². The average Bonchev–Trinajstić information content (AvgIpc) is 3.04. The van der Waals surface area contributed by atoms with Crippen LogP contribution in [0.3, 0.4) is 0 Å². The summed E-state index contributed by atoms with van der Waals surface area (Å²) < 4.78 is 26.9. The highest BCUT2D eigenvalue weighted by Crippen LogP contribution is 2.40. The van der Waals surface area contributed by atoms with Gasteiger partial charge in [0.2, 0.25) is 10.0 Å². The van der Waals surface area contributed by atoms with E-state index in [2.05, 4.69) is 13.8 Å². The van der Waals surface area contributed by atoms with Crippen LogP contribution in [0.5, 0.6) is 0 Å². The predicted molar refractivity (Wildman–Crippen MR) is 77.6 cm³/mol. The van der Waals surface area contributed by atoms with Crippen molar-refractivity contribution in [3.8, 4) is 0 Å². The maximum Gasteiger partial charge on any atom is 0.243 e. The lowest BCUT2D eigenvalue weighted by Gasteiger charge is -2.07. The van der Waals surface area contributed by atoms with Gasteiger partial charge in [0.25, 0.3) is 0 Å². The Morgan fingerprint density at radius 2 is 1.47 bits per heavy atom. The van der Waals surface area contributed by atoms with Crippen LogP contribution in [-0.2, 0) is 10.0 Å². The first-order chi connectivity index (χ1) is 9.02. The van der Waals surface area contributed by atoms with Crippen molar-refractivity contribution in [1.82, 2.24) is 4.31 Å². The molecule has 0 radical (unpaired) electrons. The first-order valence-electron chi connectivity index (χ1n) is 7.12. The molecule has 1 aliphatic rings. The quantitative estimate of drug-likeness (QED) is 0.750. The van der Waals surface area contributed by atoms with Gasteiger partial charge in [0.1, 0.15) is 0 Å². The molecule has 4 heteroatoms. The van der Waals surface area contributed by atoms with Gasteiger partial charge in [-0.3, -0.25) is 0 Å². The number of nitrogens with zero attached hydrogens (tertiary/aromatic N) is 1. The lowest BCUT2D eigenvalue weighted by molar-refractivity contribution is 0.536. The van der Waals surface area contributed by atoms with Gasteiger partial charge >= 0.3 is 0 Å². The van der Waals surface area contributed by atoms with Crippen molar-refractivity contribution in [1.29, 1.82) is 0 Å². The summed E-state index contributed by atoms with van der Waals surface area (Å²) in [6.07, 6.45) is 4.00. The molecule has 0 aromatic heterocycles. The van der Waals surface area contributed by atoms with Crippen LogP contribution in [0, 0.1) is 6.92 Å². The number of hydrogen-bond donors (Lipinski definition) is 0. The van der Waals surface area contributed by atoms with E-state index in [1.165, 1.54) is 0 Å². The van der Waals surface area contributed by atoms with Gasteiger partial charge in [-0.05, 0) is 31.9 Å². The Kier molecular flexibility index (Phi) is 4.31. The molecule has 106 valence electrons. The number of rotatable bonds is 6. The minimum absolute atomic E-state index is 0.219. The van der Waals surface area contributed by atoms with Gasteiger partial charge in [0.15, 0.2) is 0 Å². The fraction of sp³-hybridized carbons (Fsp3) is 0.600. The molecule has 0 aliphatic carbocycles. The van der Waals surface area contributed by atoms with E-state index in [0.29, 0.717) is 4.90 Å². The van der Waals surface area contributed by atoms with Crippen LogP contribution in [0.25, 0.3) is 0 Å². The summed E-state index contributed by atoms with van der Waals surface area (Å²) in [4.78, 5) is 0.429. The van der Waals surface area contributed by atoms with Crippen molar-refractivity contribution in [2.45, 2.75) is 63.4 Å². The van der Waals surface area contributed by atoms with E-state index in [1.54, 1.807) is 16.4 Å². The zero-order valence-electron chi connectivity index (χ0n) is 12.0. The van der Waals surface area contributed by atoms with Gasteiger partial charge in [-0.15, -0.1) is 0 Å². The SMILES string of the molecule is CCC[C@@H]1[C@@H](CCC)N1S(=O)(=O)c1ccc(C)cc1. The van der Waals surface area contributed by atoms with Crippen molar-refractivity contribution in [3.63, 3.8) is 0 Å². The maximum atomic E-state index is 12.6. The minimum atomic E-state index is -3.29. The molecule has 1 aromatic rings. The Bertz CT molecular complexity index is 510. The van der Waals surface area contributed by atoms with E-state index in [4.69, 9.17) is 0 Å². The van der Waals surface area contributed by atoms with Gasteiger partial charge < -0.3 is 0 Å². The number of aryl methyl sites for hydroxylation is 1. The van der Waals surface area contributed by atoms with Crippen molar-refractivity contribution in [3.05, 3.63) is 29.8 Å². The molecule has 0 saturated carbocycles. The molecule has 1 aliphatic heterocycles. The van der Waals surface area contributed by atoms with Gasteiger partial charge in [0, 0.05) is 12.1 Å². The van der Waals surface area contributed by atoms with Gasteiger partial charge in [0.05, 0.1) is 4.90 Å². The second-order valence-electron chi connectivity index (χ2n) is 5.36. The van der Waals surface area contributed by atoms with Crippen LogP contribution < -0.4 is 0 Å². The first-order valence-corrected chi connectivity index (χ1v) is 8.56. The Balaban J connectivity index is 2.22. The lowest BCUT2D eigenvalue weighted by Crippen LogP contribution is -2.16. The van der Waals surface area contributed by atoms with E-state index in [9.17, 15) is 8.42 Å². The first kappa shape index (κ1) is 14.5. The van der Waals surface area contributed by atoms with Crippen LogP contribution in [-0.4, -0.2) is 24.8 Å². The minimum Gasteiger partial charge on any atom is -0.207 e. The molecule has 0 N–H and O–H groups in total. The van der Waals surface area contributed by atoms with E-state index in [-0.39, 0.29) is 12.1 Å². The fourth-order valence-electron chi connectivity index (χ4n) is 2.73. The standard InChI is InChI=1S/C15H23NO2S/c1-4-6-14-15(7-5-2)16(14)19(17,18)13-10-8-12(3)9-11-13/h8-11,14-15H,4-7H2,1-3H3/t14-,15-/m1/s1. The third kappa shape index (κ3) is 2.84. The van der Waals surface area contributed by atoms with E-state index in [1.807, 2.05) is 19.1 Å². The molecule has 0 unspecified atom stereocenters. The summed E-state index contributed by atoms with van der Waals surface area (Å²) in [6.45, 7) is 6.18. The second kappa shape index (κ2) is 5.63. The monoisotopic (exact) mass is 281 g/mol. The number of hydrogen-bond acceptors (Lipinski definition) is 2. The largest absolute Gasteiger partial charge is 0.243 e. The fourth-order valence-corrected chi connectivity index (χ4v) is 4.60. The molecule has 0 amide bonds. The smallest absolute Gasteiger partial charge is 0.207 e. The molecular weight excluding hydrogens is 258 g/mol. The molecule has 2 atom stereocenters. The van der Waals surface area contributed by atoms with Crippen molar-refractivity contribution in [2.75, 3.05) is 0 Å². The van der Waals surface area contributed by atoms with Crippen LogP contribution in [0.4, 0.5) is 0 Å². The third-order valence-electron chi connectivity index (χ3n) is 3.77. The van der Waals surface area contributed by atoms with E-state index in [0.717, 1.165) is 31.2 Å². The Morgan fingerprint density at radius 3 is 1.89 bits per heavy atom. The zero-order valence-corrected chi connectivity index (χ0v) is 12.8. The summed E-state index contributed by atoms with van der Waals surface area (Å²) in [5, 5.41) is 0. The molecule has 0 spiro atoms. The normalized spacial score (nSPS) is 26.4. The van der Waals surface area contributed by atoms with E-state index < -0.39 is 10.0 Å². The highest BCUT2D eigenvalue weighted by atomic mass is 32.2. The summed E-state index contributed by atoms with van der Waals surface area (Å²) in [5.74, 6) is 0. The van der Waals surface area contributed by atoms with Crippen molar-refractivity contribution in [2.24, 2.45) is 0 Å². The van der Waals surface area contributed by atoms with Crippen LogP contribution in [0.15, 0.2) is 29.2 Å². The Labute approximate surface area is 116 Å². The lowest BCUT2D eigenvalue weighted by atomic mass is 10.1. The summed E-state index contributed by atoms with van der Waals surface area (Å²) >= 11 is 0. The van der Waals surface area contributed by atoms with Crippen LogP contribution >= 0.6 is 0 Å². The Hall–Kier alpha value is -0.870. The molecule has 1 fully saturated rings. The topological polar surface area (TPSA) is 37.1 Å². The molecule has 0 bridgehead atoms. The molecule has 1 aromatic carbocycles. The van der Waals surface area contributed by atoms with Gasteiger partial charge in [-0.2, -0.15) is 4.31 Å². The Morgan fingerprint density at radius 1 is 1.00 bits per heavy atom. The van der Waals surface area contributed by atoms with Gasteiger partial charge in [-0.25, -0.2) is 8.42 Å². The molecule has 19 heavy (non-hydrogen) atoms. The highest BCUT2D eigenvalue weighted by Gasteiger charge is 2.53. The molecule has 2 rings (SSSR count). The maximum absolute atomic E-state index is 12.6. The van der Waals surface area contributed by atoms with Crippen molar-refractivity contribution < 1.29 is 8.42 Å². The third-order valence-corrected chi connectivity index (χ3v) is 5.74. The zero-order chi connectivity index (χ0) is 14.0. The van der Waals surface area contributed by atoms with Crippen LogP contribution in [0.1, 0.15) is 45.1 Å². The van der Waals surface area contributed by atoms with E-state index >= 15 is 0 Å². The summed E-state index contributed by atoms with van der Waals surface area (Å²) in [6, 6.07) is 7.59. The molecular formula is C15H23NO2S. The molecule has 3 nitrogen and oxygen atoms in total. The summed E-state index contributed by atoms with van der Waals surface area (Å²) in [5.41, 5.74) is 1.08. The van der Waals surface area contributed by atoms with Gasteiger partial charge in [-0.1, -0.05) is 44.4 Å². The number of benzene rings is 1. The highest BCUT2D eigenvalue weighted by molar-refractivity contribution is 7.89.